The van der Waals surface area contributed by atoms with E-state index in [4.69, 9.17) is 5.73 Å². The zero-order valence-corrected chi connectivity index (χ0v) is 11.1. The molecule has 7 nitrogen and oxygen atoms in total. The van der Waals surface area contributed by atoms with Crippen LogP contribution in [0.5, 0.6) is 0 Å². The summed E-state index contributed by atoms with van der Waals surface area (Å²) in [5, 5.41) is 8.03. The van der Waals surface area contributed by atoms with Crippen molar-refractivity contribution in [2.24, 2.45) is 5.73 Å². The van der Waals surface area contributed by atoms with Crippen LogP contribution in [0, 0.1) is 0 Å². The van der Waals surface area contributed by atoms with E-state index < -0.39 is 9.84 Å². The largest absolute Gasteiger partial charge is 0.329 e. The van der Waals surface area contributed by atoms with Gasteiger partial charge in [0.05, 0.1) is 23.7 Å². The highest BCUT2D eigenvalue weighted by Gasteiger charge is 2.19. The highest BCUT2D eigenvalue weighted by Crippen LogP contribution is 2.08. The minimum atomic E-state index is -2.85. The summed E-state index contributed by atoms with van der Waals surface area (Å²) in [4.78, 5) is 2.11. The number of nitrogens with zero attached hydrogens (tertiary/aromatic N) is 4. The summed E-state index contributed by atoms with van der Waals surface area (Å²) >= 11 is 0. The molecule has 0 atom stereocenters. The lowest BCUT2D eigenvalue weighted by Gasteiger charge is -2.16. The molecule has 1 fully saturated rings. The van der Waals surface area contributed by atoms with Gasteiger partial charge in [-0.05, 0) is 13.0 Å². The van der Waals surface area contributed by atoms with Crippen LogP contribution in [-0.4, -0.2) is 59.5 Å². The van der Waals surface area contributed by atoms with Crippen molar-refractivity contribution in [1.29, 1.82) is 0 Å². The molecule has 0 aliphatic carbocycles. The van der Waals surface area contributed by atoms with Gasteiger partial charge in [-0.2, -0.15) is 0 Å². The molecule has 1 aliphatic rings. The topological polar surface area (TPSA) is 94.1 Å². The third kappa shape index (κ3) is 3.76. The lowest BCUT2D eigenvalue weighted by atomic mass is 10.3. The molecule has 0 spiro atoms. The number of nitrogens with two attached hydrogens (primary N) is 1. The van der Waals surface area contributed by atoms with Crippen LogP contribution in [0.4, 0.5) is 0 Å². The van der Waals surface area contributed by atoms with E-state index in [9.17, 15) is 8.42 Å². The molecule has 0 bridgehead atoms. The number of hydrogen-bond acceptors (Lipinski definition) is 6. The standard InChI is InChI=1S/C10H19N5O2S/c11-2-4-15-9-10(12-13-15)8-14-3-1-6-18(16,17)7-5-14/h9H,1-8,11H2. The van der Waals surface area contributed by atoms with Crippen molar-refractivity contribution in [3.8, 4) is 0 Å². The Hall–Kier alpha value is -0.990. The fourth-order valence-corrected chi connectivity index (χ4v) is 3.34. The predicted octanol–water partition coefficient (Wildman–Crippen LogP) is -1.14. The molecule has 1 aromatic heterocycles. The second-order valence-electron chi connectivity index (χ2n) is 4.54. The number of sulfone groups is 1. The van der Waals surface area contributed by atoms with Crippen LogP contribution in [0.1, 0.15) is 12.1 Å². The molecule has 1 saturated heterocycles. The van der Waals surface area contributed by atoms with E-state index in [1.165, 1.54) is 0 Å². The Morgan fingerprint density at radius 1 is 1.33 bits per heavy atom. The molecule has 2 N–H and O–H groups in total. The number of aromatic nitrogens is 3. The van der Waals surface area contributed by atoms with Crippen LogP contribution in [0.25, 0.3) is 0 Å². The van der Waals surface area contributed by atoms with Gasteiger partial charge in [0, 0.05) is 25.8 Å². The molecule has 8 heteroatoms. The Morgan fingerprint density at radius 2 is 2.17 bits per heavy atom. The van der Waals surface area contributed by atoms with E-state index in [1.54, 1.807) is 4.68 Å². The summed E-state index contributed by atoms with van der Waals surface area (Å²) in [6.45, 7) is 3.21. The molecule has 0 radical (unpaired) electrons. The average molecular weight is 273 g/mol. The van der Waals surface area contributed by atoms with E-state index >= 15 is 0 Å². The first kappa shape index (κ1) is 13.4. The summed E-state index contributed by atoms with van der Waals surface area (Å²) < 4.78 is 24.7. The minimum Gasteiger partial charge on any atom is -0.329 e. The Labute approximate surface area is 107 Å². The van der Waals surface area contributed by atoms with Crippen molar-refractivity contribution in [1.82, 2.24) is 19.9 Å². The quantitative estimate of drug-likeness (QED) is 0.745. The smallest absolute Gasteiger partial charge is 0.151 e. The first-order valence-corrected chi connectivity index (χ1v) is 7.93. The molecule has 1 aromatic rings. The minimum absolute atomic E-state index is 0.240. The monoisotopic (exact) mass is 273 g/mol. The van der Waals surface area contributed by atoms with Gasteiger partial charge in [0.2, 0.25) is 0 Å². The summed E-state index contributed by atoms with van der Waals surface area (Å²) in [5.74, 6) is 0.535. The summed E-state index contributed by atoms with van der Waals surface area (Å²) in [7, 11) is -2.85. The summed E-state index contributed by atoms with van der Waals surface area (Å²) in [6.07, 6.45) is 2.56. The number of rotatable bonds is 4. The number of hydrogen-bond donors (Lipinski definition) is 1. The van der Waals surface area contributed by atoms with Crippen molar-refractivity contribution in [3.63, 3.8) is 0 Å². The van der Waals surface area contributed by atoms with Crippen LogP contribution >= 0.6 is 0 Å². The molecule has 0 unspecified atom stereocenters. The van der Waals surface area contributed by atoms with Gasteiger partial charge in [0.25, 0.3) is 0 Å². The SMILES string of the molecule is NCCn1cc(CN2CCCS(=O)(=O)CC2)nn1. The zero-order chi connectivity index (χ0) is 13.0. The third-order valence-electron chi connectivity index (χ3n) is 2.98. The van der Waals surface area contributed by atoms with Crippen molar-refractivity contribution < 1.29 is 8.42 Å². The lowest BCUT2D eigenvalue weighted by molar-refractivity contribution is 0.283. The highest BCUT2D eigenvalue weighted by molar-refractivity contribution is 7.91. The molecular weight excluding hydrogens is 254 g/mol. The summed E-state index contributed by atoms with van der Waals surface area (Å²) in [6, 6.07) is 0. The Morgan fingerprint density at radius 3 is 2.94 bits per heavy atom. The van der Waals surface area contributed by atoms with Crippen molar-refractivity contribution >= 4 is 9.84 Å². The van der Waals surface area contributed by atoms with E-state index in [1.807, 2.05) is 6.20 Å². The van der Waals surface area contributed by atoms with E-state index in [-0.39, 0.29) is 5.75 Å². The van der Waals surface area contributed by atoms with Gasteiger partial charge in [-0.25, -0.2) is 8.42 Å². The van der Waals surface area contributed by atoms with Crippen molar-refractivity contribution in [2.45, 2.75) is 19.5 Å². The first-order valence-electron chi connectivity index (χ1n) is 6.11. The van der Waals surface area contributed by atoms with Crippen LogP contribution < -0.4 is 5.73 Å². The van der Waals surface area contributed by atoms with Crippen LogP contribution in [0.3, 0.4) is 0 Å². The predicted molar refractivity (Wildman–Crippen MR) is 67.6 cm³/mol. The average Bonchev–Trinajstić information content (AvgIpc) is 2.66. The zero-order valence-electron chi connectivity index (χ0n) is 10.3. The van der Waals surface area contributed by atoms with Gasteiger partial charge in [-0.1, -0.05) is 5.21 Å². The summed E-state index contributed by atoms with van der Waals surface area (Å²) in [5.41, 5.74) is 6.30. The second-order valence-corrected chi connectivity index (χ2v) is 6.85. The maximum Gasteiger partial charge on any atom is 0.151 e. The Bertz CT molecular complexity index is 484. The molecular formula is C10H19N5O2S. The molecule has 0 amide bonds. The highest BCUT2D eigenvalue weighted by atomic mass is 32.2. The van der Waals surface area contributed by atoms with Gasteiger partial charge in [-0.15, -0.1) is 5.10 Å². The second kappa shape index (κ2) is 5.77. The molecule has 18 heavy (non-hydrogen) atoms. The van der Waals surface area contributed by atoms with Crippen molar-refractivity contribution in [3.05, 3.63) is 11.9 Å². The lowest BCUT2D eigenvalue weighted by Crippen LogP contribution is -2.26. The molecule has 2 rings (SSSR count). The van der Waals surface area contributed by atoms with Gasteiger partial charge in [-0.3, -0.25) is 9.58 Å². The maximum absolute atomic E-state index is 11.5. The fourth-order valence-electron chi connectivity index (χ4n) is 2.03. The fraction of sp³-hybridized carbons (Fsp3) is 0.800. The van der Waals surface area contributed by atoms with Gasteiger partial charge in [0.1, 0.15) is 0 Å². The van der Waals surface area contributed by atoms with E-state index in [2.05, 4.69) is 15.2 Å². The molecule has 0 aromatic carbocycles. The van der Waals surface area contributed by atoms with Crippen LogP contribution in [0.2, 0.25) is 0 Å². The Balaban J connectivity index is 1.92. The Kier molecular flexibility index (Phi) is 4.31. The van der Waals surface area contributed by atoms with Gasteiger partial charge < -0.3 is 5.73 Å². The molecule has 0 saturated carbocycles. The normalized spacial score (nSPS) is 20.7. The molecule has 1 aliphatic heterocycles. The first-order chi connectivity index (χ1) is 8.59. The molecule has 102 valence electrons. The van der Waals surface area contributed by atoms with Crippen LogP contribution in [0.15, 0.2) is 6.20 Å². The molecule has 2 heterocycles. The van der Waals surface area contributed by atoms with Gasteiger partial charge >= 0.3 is 0 Å². The van der Waals surface area contributed by atoms with E-state index in [0.29, 0.717) is 38.4 Å². The van der Waals surface area contributed by atoms with Crippen molar-refractivity contribution in [2.75, 3.05) is 31.1 Å². The van der Waals surface area contributed by atoms with Crippen LogP contribution in [-0.2, 0) is 22.9 Å². The maximum atomic E-state index is 11.5. The van der Waals surface area contributed by atoms with E-state index in [0.717, 1.165) is 12.2 Å². The third-order valence-corrected chi connectivity index (χ3v) is 4.69. The van der Waals surface area contributed by atoms with Gasteiger partial charge in [0.15, 0.2) is 9.84 Å².